The summed E-state index contributed by atoms with van der Waals surface area (Å²) >= 11 is 0. The van der Waals surface area contributed by atoms with E-state index in [0.717, 1.165) is 5.56 Å². The zero-order chi connectivity index (χ0) is 17.6. The topological polar surface area (TPSA) is 54.0 Å². The number of ketones is 1. The van der Waals surface area contributed by atoms with Crippen LogP contribution in [0.25, 0.3) is 6.08 Å². The molecule has 0 N–H and O–H groups in total. The summed E-state index contributed by atoms with van der Waals surface area (Å²) in [6, 6.07) is 10.6. The second-order valence-corrected chi connectivity index (χ2v) is 5.27. The summed E-state index contributed by atoms with van der Waals surface area (Å²) in [5, 5.41) is 0. The number of fused-ring (bicyclic) bond motifs is 1. The van der Waals surface area contributed by atoms with E-state index in [0.29, 0.717) is 35.2 Å². The number of hydrogen-bond donors (Lipinski definition) is 0. The number of hydrogen-bond acceptors (Lipinski definition) is 5. The third kappa shape index (κ3) is 3.83. The highest BCUT2D eigenvalue weighted by atomic mass is 16.7. The average Bonchev–Trinajstić information content (AvgIpc) is 3.12. The average molecular weight is 338 g/mol. The lowest BCUT2D eigenvalue weighted by Crippen LogP contribution is -2.02. The second kappa shape index (κ2) is 7.57. The molecule has 2 aromatic carbocycles. The van der Waals surface area contributed by atoms with Gasteiger partial charge in [-0.2, -0.15) is 0 Å². The second-order valence-electron chi connectivity index (χ2n) is 5.27. The van der Waals surface area contributed by atoms with Gasteiger partial charge in [0.05, 0.1) is 12.7 Å². The molecule has 2 aromatic rings. The molecule has 1 aliphatic heterocycles. The van der Waals surface area contributed by atoms with Gasteiger partial charge < -0.3 is 18.9 Å². The van der Waals surface area contributed by atoms with E-state index in [-0.39, 0.29) is 12.6 Å². The van der Waals surface area contributed by atoms with Crippen molar-refractivity contribution in [1.29, 1.82) is 0 Å². The lowest BCUT2D eigenvalue weighted by atomic mass is 10.1. The van der Waals surface area contributed by atoms with Crippen LogP contribution in [0.15, 0.2) is 55.1 Å². The molecule has 0 saturated heterocycles. The molecule has 0 unspecified atom stereocenters. The molecule has 0 saturated carbocycles. The molecule has 0 fully saturated rings. The summed E-state index contributed by atoms with van der Waals surface area (Å²) in [7, 11) is 1.56. The van der Waals surface area contributed by atoms with Gasteiger partial charge in [-0.3, -0.25) is 4.79 Å². The van der Waals surface area contributed by atoms with Crippen LogP contribution in [0.4, 0.5) is 0 Å². The number of carbonyl (C=O) groups is 1. The van der Waals surface area contributed by atoms with Crippen LogP contribution in [0.5, 0.6) is 23.0 Å². The standard InChI is InChI=1S/C20H18O5/c1-3-10-23-19-12-15(22-2)6-7-16(19)17(21)8-4-14-5-9-18-20(11-14)25-13-24-18/h3-9,11-12H,1,10,13H2,2H3. The maximum atomic E-state index is 12.5. The molecule has 3 rings (SSSR count). The van der Waals surface area contributed by atoms with E-state index in [2.05, 4.69) is 6.58 Å². The smallest absolute Gasteiger partial charge is 0.231 e. The first-order chi connectivity index (χ1) is 12.2. The van der Waals surface area contributed by atoms with Crippen LogP contribution in [0, 0.1) is 0 Å². The summed E-state index contributed by atoms with van der Waals surface area (Å²) in [6.45, 7) is 4.14. The number of benzene rings is 2. The van der Waals surface area contributed by atoms with Crippen LogP contribution in [0.3, 0.4) is 0 Å². The summed E-state index contributed by atoms with van der Waals surface area (Å²) in [6.07, 6.45) is 4.85. The molecule has 0 aromatic heterocycles. The fourth-order valence-corrected chi connectivity index (χ4v) is 2.38. The number of rotatable bonds is 7. The van der Waals surface area contributed by atoms with Crippen LogP contribution >= 0.6 is 0 Å². The number of allylic oxidation sites excluding steroid dienone is 1. The van der Waals surface area contributed by atoms with Crippen molar-refractivity contribution >= 4 is 11.9 Å². The first-order valence-electron chi connectivity index (χ1n) is 7.75. The van der Waals surface area contributed by atoms with Crippen molar-refractivity contribution in [3.05, 3.63) is 66.3 Å². The Morgan fingerprint density at radius 2 is 2.04 bits per heavy atom. The van der Waals surface area contributed by atoms with Crippen molar-refractivity contribution in [3.63, 3.8) is 0 Å². The molecule has 5 heteroatoms. The molecule has 5 nitrogen and oxygen atoms in total. The Kier molecular flexibility index (Phi) is 5.04. The number of carbonyl (C=O) groups excluding carboxylic acids is 1. The lowest BCUT2D eigenvalue weighted by molar-refractivity contribution is 0.104. The highest BCUT2D eigenvalue weighted by molar-refractivity contribution is 6.08. The van der Waals surface area contributed by atoms with E-state index in [1.54, 1.807) is 37.5 Å². The van der Waals surface area contributed by atoms with Gasteiger partial charge in [0.1, 0.15) is 18.1 Å². The van der Waals surface area contributed by atoms with E-state index in [1.165, 1.54) is 6.08 Å². The van der Waals surface area contributed by atoms with Crippen molar-refractivity contribution in [2.45, 2.75) is 0 Å². The SMILES string of the molecule is C=CCOc1cc(OC)ccc1C(=O)C=Cc1ccc2c(c1)OCO2. The fourth-order valence-electron chi connectivity index (χ4n) is 2.38. The Morgan fingerprint density at radius 1 is 1.20 bits per heavy atom. The molecule has 0 amide bonds. The molecule has 1 aliphatic rings. The Morgan fingerprint density at radius 3 is 2.84 bits per heavy atom. The normalized spacial score (nSPS) is 12.2. The van der Waals surface area contributed by atoms with Gasteiger partial charge in [0.2, 0.25) is 6.79 Å². The van der Waals surface area contributed by atoms with Crippen molar-refractivity contribution < 1.29 is 23.7 Å². The minimum atomic E-state index is -0.167. The molecular weight excluding hydrogens is 320 g/mol. The minimum Gasteiger partial charge on any atom is -0.497 e. The summed E-state index contributed by atoms with van der Waals surface area (Å²) < 4.78 is 21.4. The van der Waals surface area contributed by atoms with Gasteiger partial charge >= 0.3 is 0 Å². The summed E-state index contributed by atoms with van der Waals surface area (Å²) in [5.41, 5.74) is 1.30. The highest BCUT2D eigenvalue weighted by Crippen LogP contribution is 2.33. The fraction of sp³-hybridized carbons (Fsp3) is 0.150. The Bertz CT molecular complexity index is 823. The molecule has 0 bridgehead atoms. The third-order valence-corrected chi connectivity index (χ3v) is 3.63. The number of ether oxygens (including phenoxy) is 4. The maximum absolute atomic E-state index is 12.5. The van der Waals surface area contributed by atoms with Crippen molar-refractivity contribution in [3.8, 4) is 23.0 Å². The van der Waals surface area contributed by atoms with Crippen LogP contribution < -0.4 is 18.9 Å². The molecule has 128 valence electrons. The largest absolute Gasteiger partial charge is 0.497 e. The Hall–Kier alpha value is -3.21. The van der Waals surface area contributed by atoms with Gasteiger partial charge in [0, 0.05) is 6.07 Å². The van der Waals surface area contributed by atoms with E-state index in [1.807, 2.05) is 18.2 Å². The highest BCUT2D eigenvalue weighted by Gasteiger charge is 2.14. The lowest BCUT2D eigenvalue weighted by Gasteiger charge is -2.10. The van der Waals surface area contributed by atoms with Gasteiger partial charge in [-0.15, -0.1) is 0 Å². The van der Waals surface area contributed by atoms with Gasteiger partial charge in [0.15, 0.2) is 17.3 Å². The zero-order valence-electron chi connectivity index (χ0n) is 13.9. The predicted octanol–water partition coefficient (Wildman–Crippen LogP) is 3.88. The van der Waals surface area contributed by atoms with Crippen LogP contribution in [-0.4, -0.2) is 26.3 Å². The van der Waals surface area contributed by atoms with E-state index < -0.39 is 0 Å². The molecule has 0 aliphatic carbocycles. The monoisotopic (exact) mass is 338 g/mol. The predicted molar refractivity (Wildman–Crippen MR) is 94.6 cm³/mol. The maximum Gasteiger partial charge on any atom is 0.231 e. The Labute approximate surface area is 146 Å². The van der Waals surface area contributed by atoms with Gasteiger partial charge in [0.25, 0.3) is 0 Å². The summed E-state index contributed by atoms with van der Waals surface area (Å²) in [5.74, 6) is 2.29. The van der Waals surface area contributed by atoms with Crippen molar-refractivity contribution in [2.24, 2.45) is 0 Å². The molecule has 1 heterocycles. The Balaban J connectivity index is 1.81. The number of methoxy groups -OCH3 is 1. The van der Waals surface area contributed by atoms with Crippen LogP contribution in [0.2, 0.25) is 0 Å². The first-order valence-corrected chi connectivity index (χ1v) is 7.75. The molecular formula is C20H18O5. The summed E-state index contributed by atoms with van der Waals surface area (Å²) in [4.78, 5) is 12.5. The molecule has 0 spiro atoms. The first kappa shape index (κ1) is 16.6. The molecule has 0 radical (unpaired) electrons. The minimum absolute atomic E-state index is 0.167. The third-order valence-electron chi connectivity index (χ3n) is 3.63. The van der Waals surface area contributed by atoms with Gasteiger partial charge in [-0.25, -0.2) is 0 Å². The van der Waals surface area contributed by atoms with Crippen LogP contribution in [-0.2, 0) is 0 Å². The van der Waals surface area contributed by atoms with Gasteiger partial charge in [-0.1, -0.05) is 24.8 Å². The quantitative estimate of drug-likeness (QED) is 0.436. The van der Waals surface area contributed by atoms with Crippen molar-refractivity contribution in [2.75, 3.05) is 20.5 Å². The van der Waals surface area contributed by atoms with Crippen LogP contribution in [0.1, 0.15) is 15.9 Å². The van der Waals surface area contributed by atoms with E-state index >= 15 is 0 Å². The van der Waals surface area contributed by atoms with Gasteiger partial charge in [-0.05, 0) is 35.9 Å². The zero-order valence-corrected chi connectivity index (χ0v) is 13.9. The molecule has 25 heavy (non-hydrogen) atoms. The molecule has 0 atom stereocenters. The van der Waals surface area contributed by atoms with Crippen molar-refractivity contribution in [1.82, 2.24) is 0 Å². The van der Waals surface area contributed by atoms with E-state index in [9.17, 15) is 4.79 Å². The van der Waals surface area contributed by atoms with E-state index in [4.69, 9.17) is 18.9 Å².